The molecular weight excluding hydrogens is 546 g/mol. The highest BCUT2D eigenvalue weighted by Gasteiger charge is 2.29. The molecule has 0 fully saturated rings. The van der Waals surface area contributed by atoms with Gasteiger partial charge < -0.3 is 10.5 Å². The maximum absolute atomic E-state index is 7.09. The lowest BCUT2D eigenvalue weighted by molar-refractivity contribution is -0.0291. The molecule has 0 aromatic heterocycles. The molecule has 0 radical (unpaired) electrons. The van der Waals surface area contributed by atoms with Gasteiger partial charge in [0.1, 0.15) is 0 Å². The van der Waals surface area contributed by atoms with Crippen LogP contribution in [0.5, 0.6) is 0 Å². The molecule has 2 heteroatoms. The van der Waals surface area contributed by atoms with Crippen molar-refractivity contribution in [1.29, 1.82) is 0 Å². The number of hydrogen-bond acceptors (Lipinski definition) is 2. The predicted molar refractivity (Wildman–Crippen MR) is 202 cm³/mol. The fraction of sp³-hybridized carbons (Fsp3) is 0.860. The first-order chi connectivity index (χ1) is 21.4. The second kappa shape index (κ2) is 23.5. The molecule has 0 saturated heterocycles. The Labute approximate surface area is 283 Å². The van der Waals surface area contributed by atoms with Crippen molar-refractivity contribution in [2.24, 2.45) is 17.1 Å². The van der Waals surface area contributed by atoms with E-state index in [4.69, 9.17) is 10.5 Å². The minimum absolute atomic E-state index is 0.0592. The van der Waals surface area contributed by atoms with Crippen molar-refractivity contribution in [1.82, 2.24) is 0 Å². The normalized spacial score (nSPS) is 13.6. The number of benzene rings is 1. The van der Waals surface area contributed by atoms with Gasteiger partial charge in [0.05, 0.1) is 5.60 Å². The summed E-state index contributed by atoms with van der Waals surface area (Å²) in [5.41, 5.74) is 10.1. The number of nitrogens with two attached hydrogens (primary N) is 1. The number of ether oxygens (including phenoxy) is 1. The molecule has 0 heterocycles. The van der Waals surface area contributed by atoms with Gasteiger partial charge in [-0.15, -0.1) is 0 Å². The van der Waals surface area contributed by atoms with Gasteiger partial charge in [0.15, 0.2) is 0 Å². The largest absolute Gasteiger partial charge is 0.375 e. The van der Waals surface area contributed by atoms with Crippen LogP contribution in [0.4, 0.5) is 0 Å². The number of hydrogen-bond donors (Lipinski definition) is 1. The second-order valence-corrected chi connectivity index (χ2v) is 16.8. The quantitative estimate of drug-likeness (QED) is 0.0897. The highest BCUT2D eigenvalue weighted by Crippen LogP contribution is 2.34. The summed E-state index contributed by atoms with van der Waals surface area (Å²) in [6.45, 7) is 22.0. The molecule has 0 aliphatic heterocycles. The average Bonchev–Trinajstić information content (AvgIpc) is 2.97. The zero-order chi connectivity index (χ0) is 33.6. The van der Waals surface area contributed by atoms with E-state index < -0.39 is 0 Å². The fourth-order valence-corrected chi connectivity index (χ4v) is 7.22. The Bertz CT molecular complexity index is 826. The first-order valence-corrected chi connectivity index (χ1v) is 19.8. The first kappa shape index (κ1) is 42.2. The zero-order valence-corrected chi connectivity index (χ0v) is 32.2. The van der Waals surface area contributed by atoms with Crippen LogP contribution in [0.1, 0.15) is 208 Å². The summed E-state index contributed by atoms with van der Waals surface area (Å²) in [5.74, 6) is 0.647. The Kier molecular flexibility index (Phi) is 22.0. The molecule has 0 aliphatic carbocycles. The van der Waals surface area contributed by atoms with E-state index in [2.05, 4.69) is 86.6 Å². The molecule has 0 saturated carbocycles. The molecule has 1 aromatic rings. The molecule has 2 nitrogen and oxygen atoms in total. The van der Waals surface area contributed by atoms with E-state index in [1.165, 1.54) is 133 Å². The van der Waals surface area contributed by atoms with Crippen molar-refractivity contribution >= 4 is 0 Å². The Morgan fingerprint density at radius 1 is 0.644 bits per heavy atom. The van der Waals surface area contributed by atoms with E-state index >= 15 is 0 Å². The Balaban J connectivity index is 2.71. The molecule has 264 valence electrons. The molecule has 2 N–H and O–H groups in total. The van der Waals surface area contributed by atoms with Crippen molar-refractivity contribution in [3.05, 3.63) is 35.4 Å². The van der Waals surface area contributed by atoms with Gasteiger partial charge in [-0.25, -0.2) is 0 Å². The SMILES string of the molecule is CCCCCCCCC(C)(C)CCOC(C)(C)Cc1cccc(C(C)(C)CC(N)C(CCCCCCC)CCCCCCC)c1. The topological polar surface area (TPSA) is 35.2 Å². The van der Waals surface area contributed by atoms with Crippen molar-refractivity contribution in [3.8, 4) is 0 Å². The Morgan fingerprint density at radius 2 is 1.16 bits per heavy atom. The number of rotatable bonds is 29. The summed E-state index contributed by atoms with van der Waals surface area (Å²) in [6, 6.07) is 9.60. The third-order valence-electron chi connectivity index (χ3n) is 10.5. The predicted octanol–water partition coefficient (Wildman–Crippen LogP) is 13.5. The first-order valence-electron chi connectivity index (χ1n) is 19.8. The fourth-order valence-electron chi connectivity index (χ4n) is 7.22. The number of unbranched alkanes of at least 4 members (excludes halogenated alkanes) is 13. The molecule has 1 rings (SSSR count). The molecule has 45 heavy (non-hydrogen) atoms. The van der Waals surface area contributed by atoms with Crippen molar-refractivity contribution in [3.63, 3.8) is 0 Å². The van der Waals surface area contributed by atoms with Crippen LogP contribution in [0.15, 0.2) is 24.3 Å². The van der Waals surface area contributed by atoms with Gasteiger partial charge in [-0.05, 0) is 73.8 Å². The Hall–Kier alpha value is -0.860. The van der Waals surface area contributed by atoms with Crippen LogP contribution in [0.2, 0.25) is 0 Å². The Morgan fingerprint density at radius 3 is 1.71 bits per heavy atom. The third-order valence-corrected chi connectivity index (χ3v) is 10.5. The molecule has 0 spiro atoms. The van der Waals surface area contributed by atoms with Gasteiger partial charge in [0.25, 0.3) is 0 Å². The van der Waals surface area contributed by atoms with Crippen LogP contribution in [0.3, 0.4) is 0 Å². The zero-order valence-electron chi connectivity index (χ0n) is 32.2. The van der Waals surface area contributed by atoms with Crippen molar-refractivity contribution < 1.29 is 4.74 Å². The molecule has 0 amide bonds. The van der Waals surface area contributed by atoms with Gasteiger partial charge in [-0.3, -0.25) is 0 Å². The van der Waals surface area contributed by atoms with Crippen LogP contribution < -0.4 is 5.73 Å². The third kappa shape index (κ3) is 20.2. The lowest BCUT2D eigenvalue weighted by atomic mass is 9.74. The van der Waals surface area contributed by atoms with Crippen LogP contribution in [0, 0.1) is 11.3 Å². The van der Waals surface area contributed by atoms with Crippen LogP contribution >= 0.6 is 0 Å². The van der Waals surface area contributed by atoms with Gasteiger partial charge in [0.2, 0.25) is 0 Å². The highest BCUT2D eigenvalue weighted by molar-refractivity contribution is 5.30. The monoisotopic (exact) mass is 628 g/mol. The minimum Gasteiger partial charge on any atom is -0.375 e. The van der Waals surface area contributed by atoms with E-state index in [1.54, 1.807) is 0 Å². The van der Waals surface area contributed by atoms with Crippen LogP contribution in [0.25, 0.3) is 0 Å². The lowest BCUT2D eigenvalue weighted by Crippen LogP contribution is -2.37. The maximum Gasteiger partial charge on any atom is 0.0666 e. The van der Waals surface area contributed by atoms with E-state index in [0.29, 0.717) is 11.3 Å². The molecule has 1 aromatic carbocycles. The molecule has 1 unspecified atom stereocenters. The lowest BCUT2D eigenvalue weighted by Gasteiger charge is -2.34. The molecule has 0 aliphatic rings. The van der Waals surface area contributed by atoms with Gasteiger partial charge in [0, 0.05) is 19.1 Å². The minimum atomic E-state index is -0.171. The van der Waals surface area contributed by atoms with Crippen molar-refractivity contribution in [2.45, 2.75) is 221 Å². The smallest absolute Gasteiger partial charge is 0.0666 e. The molecular formula is C43H81NO. The summed E-state index contributed by atoms with van der Waals surface area (Å²) in [4.78, 5) is 0. The second-order valence-electron chi connectivity index (χ2n) is 16.8. The van der Waals surface area contributed by atoms with E-state index in [1.807, 2.05) is 0 Å². The summed E-state index contributed by atoms with van der Waals surface area (Å²) in [7, 11) is 0. The summed E-state index contributed by atoms with van der Waals surface area (Å²) in [5, 5.41) is 0. The summed E-state index contributed by atoms with van der Waals surface area (Å²) < 4.78 is 6.55. The van der Waals surface area contributed by atoms with Crippen LogP contribution in [-0.2, 0) is 16.6 Å². The summed E-state index contributed by atoms with van der Waals surface area (Å²) in [6.07, 6.45) is 28.8. The molecule has 0 bridgehead atoms. The van der Waals surface area contributed by atoms with E-state index in [0.717, 1.165) is 25.9 Å². The molecule has 1 atom stereocenters. The van der Waals surface area contributed by atoms with E-state index in [-0.39, 0.29) is 17.1 Å². The van der Waals surface area contributed by atoms with Gasteiger partial charge >= 0.3 is 0 Å². The average molecular weight is 628 g/mol. The van der Waals surface area contributed by atoms with Crippen molar-refractivity contribution in [2.75, 3.05) is 6.61 Å². The van der Waals surface area contributed by atoms with Gasteiger partial charge in [-0.2, -0.15) is 0 Å². The summed E-state index contributed by atoms with van der Waals surface area (Å²) >= 11 is 0. The standard InChI is InChI=1S/C43H81NO/c1-10-13-16-19-22-25-31-41(4,5)32-33-45-43(8,9)35-37-27-26-30-39(34-37)42(6,7)36-40(44)38(28-23-20-17-14-11-2)29-24-21-18-15-12-3/h26-27,30,34,38,40H,10-25,28-29,31-33,35-36,44H2,1-9H3. The van der Waals surface area contributed by atoms with Gasteiger partial charge in [-0.1, -0.05) is 175 Å². The highest BCUT2D eigenvalue weighted by atomic mass is 16.5. The van der Waals surface area contributed by atoms with Crippen LogP contribution in [-0.4, -0.2) is 18.2 Å². The maximum atomic E-state index is 7.09. The van der Waals surface area contributed by atoms with E-state index in [9.17, 15) is 0 Å².